The van der Waals surface area contributed by atoms with Crippen molar-refractivity contribution < 1.29 is 9.84 Å². The average molecular weight is 217 g/mol. The van der Waals surface area contributed by atoms with Gasteiger partial charge in [0.1, 0.15) is 0 Å². The Kier molecular flexibility index (Phi) is 9.06. The number of likely N-dealkylation sites (N-methyl/N-ethyl adjacent to an activating group) is 1. The second-order valence-electron chi connectivity index (χ2n) is 4.11. The number of nitrogens with one attached hydrogen (secondary N) is 1. The lowest BCUT2D eigenvalue weighted by Gasteiger charge is -2.30. The lowest BCUT2D eigenvalue weighted by Crippen LogP contribution is -2.46. The molecule has 2 N–H and O–H groups in total. The van der Waals surface area contributed by atoms with Crippen LogP contribution < -0.4 is 5.32 Å². The van der Waals surface area contributed by atoms with E-state index in [0.29, 0.717) is 0 Å². The zero-order valence-electron chi connectivity index (χ0n) is 10.5. The third-order valence-corrected chi connectivity index (χ3v) is 3.10. The van der Waals surface area contributed by atoms with E-state index in [1.165, 1.54) is 6.42 Å². The molecule has 1 unspecified atom stereocenters. The summed E-state index contributed by atoms with van der Waals surface area (Å²) in [5, 5.41) is 12.5. The van der Waals surface area contributed by atoms with E-state index in [2.05, 4.69) is 19.2 Å². The molecule has 0 fully saturated rings. The van der Waals surface area contributed by atoms with E-state index in [1.807, 2.05) is 7.05 Å². The fourth-order valence-corrected chi connectivity index (χ4v) is 1.61. The fourth-order valence-electron chi connectivity index (χ4n) is 1.61. The van der Waals surface area contributed by atoms with Gasteiger partial charge in [-0.1, -0.05) is 20.3 Å². The van der Waals surface area contributed by atoms with Crippen molar-refractivity contribution in [2.24, 2.45) is 0 Å². The number of unbranched alkanes of at least 4 members (excludes halogenated alkanes) is 1. The van der Waals surface area contributed by atoms with Crippen molar-refractivity contribution in [3.8, 4) is 0 Å². The van der Waals surface area contributed by atoms with Crippen LogP contribution in [0.2, 0.25) is 0 Å². The van der Waals surface area contributed by atoms with Crippen LogP contribution in [0.25, 0.3) is 0 Å². The minimum Gasteiger partial charge on any atom is -0.394 e. The lowest BCUT2D eigenvalue weighted by molar-refractivity contribution is 0.104. The molecule has 0 aliphatic heterocycles. The number of ether oxygens (including phenoxy) is 1. The van der Waals surface area contributed by atoms with E-state index in [0.717, 1.165) is 38.9 Å². The molecular formula is C12H27NO2. The average Bonchev–Trinajstić information content (AvgIpc) is 2.29. The highest BCUT2D eigenvalue weighted by Gasteiger charge is 2.23. The van der Waals surface area contributed by atoms with Crippen molar-refractivity contribution in [3.63, 3.8) is 0 Å². The fraction of sp³-hybridized carbons (Fsp3) is 1.00. The summed E-state index contributed by atoms with van der Waals surface area (Å²) in [6, 6.07) is 0. The Morgan fingerprint density at radius 1 is 1.20 bits per heavy atom. The maximum Gasteiger partial charge on any atom is 0.0613 e. The lowest BCUT2D eigenvalue weighted by atomic mass is 9.92. The van der Waals surface area contributed by atoms with E-state index >= 15 is 0 Å². The van der Waals surface area contributed by atoms with Crippen molar-refractivity contribution in [3.05, 3.63) is 0 Å². The van der Waals surface area contributed by atoms with Crippen LogP contribution in [0.1, 0.15) is 46.0 Å². The minimum absolute atomic E-state index is 0.103. The van der Waals surface area contributed by atoms with Crippen LogP contribution >= 0.6 is 0 Å². The van der Waals surface area contributed by atoms with Crippen molar-refractivity contribution in [2.45, 2.75) is 51.5 Å². The van der Waals surface area contributed by atoms with Gasteiger partial charge in [-0.15, -0.1) is 0 Å². The summed E-state index contributed by atoms with van der Waals surface area (Å²) in [4.78, 5) is 0. The van der Waals surface area contributed by atoms with Crippen molar-refractivity contribution in [1.29, 1.82) is 0 Å². The maximum atomic E-state index is 9.31. The molecule has 0 heterocycles. The van der Waals surface area contributed by atoms with Gasteiger partial charge in [0, 0.05) is 18.8 Å². The SMILES string of the molecule is CCCCOCCCC(CC)(CO)NC. The van der Waals surface area contributed by atoms with Gasteiger partial charge in [-0.2, -0.15) is 0 Å². The third-order valence-electron chi connectivity index (χ3n) is 3.10. The summed E-state index contributed by atoms with van der Waals surface area (Å²) in [6.07, 6.45) is 5.27. The first-order chi connectivity index (χ1) is 7.24. The molecular weight excluding hydrogens is 190 g/mol. The largest absolute Gasteiger partial charge is 0.394 e. The summed E-state index contributed by atoms with van der Waals surface area (Å²) >= 11 is 0. The van der Waals surface area contributed by atoms with Gasteiger partial charge >= 0.3 is 0 Å². The van der Waals surface area contributed by atoms with Gasteiger partial charge in [-0.25, -0.2) is 0 Å². The molecule has 15 heavy (non-hydrogen) atoms. The molecule has 0 rings (SSSR count). The van der Waals surface area contributed by atoms with Crippen molar-refractivity contribution >= 4 is 0 Å². The quantitative estimate of drug-likeness (QED) is 0.550. The number of rotatable bonds is 10. The van der Waals surface area contributed by atoms with Gasteiger partial charge in [0.15, 0.2) is 0 Å². The molecule has 0 radical (unpaired) electrons. The van der Waals surface area contributed by atoms with E-state index in [-0.39, 0.29) is 12.1 Å². The van der Waals surface area contributed by atoms with Crippen LogP contribution in [-0.2, 0) is 4.74 Å². The topological polar surface area (TPSA) is 41.5 Å². The van der Waals surface area contributed by atoms with Crippen LogP contribution in [0.15, 0.2) is 0 Å². The first kappa shape index (κ1) is 14.9. The first-order valence-corrected chi connectivity index (χ1v) is 6.12. The molecule has 0 aromatic rings. The summed E-state index contributed by atoms with van der Waals surface area (Å²) in [7, 11) is 1.91. The van der Waals surface area contributed by atoms with Crippen LogP contribution in [0.3, 0.4) is 0 Å². The maximum absolute atomic E-state index is 9.31. The Balaban J connectivity index is 3.54. The molecule has 0 aliphatic rings. The molecule has 92 valence electrons. The Hall–Kier alpha value is -0.120. The van der Waals surface area contributed by atoms with E-state index in [4.69, 9.17) is 4.74 Å². The minimum atomic E-state index is -0.103. The Morgan fingerprint density at radius 2 is 1.87 bits per heavy atom. The molecule has 0 bridgehead atoms. The number of hydrogen-bond donors (Lipinski definition) is 2. The zero-order chi connectivity index (χ0) is 11.6. The highest BCUT2D eigenvalue weighted by molar-refractivity contribution is 4.84. The highest BCUT2D eigenvalue weighted by Crippen LogP contribution is 2.16. The summed E-state index contributed by atoms with van der Waals surface area (Å²) in [6.45, 7) is 6.15. The summed E-state index contributed by atoms with van der Waals surface area (Å²) < 4.78 is 5.49. The Labute approximate surface area is 94.2 Å². The van der Waals surface area contributed by atoms with E-state index < -0.39 is 0 Å². The van der Waals surface area contributed by atoms with E-state index in [9.17, 15) is 5.11 Å². The highest BCUT2D eigenvalue weighted by atomic mass is 16.5. The van der Waals surface area contributed by atoms with Gasteiger partial charge in [-0.05, 0) is 32.7 Å². The van der Waals surface area contributed by atoms with Crippen LogP contribution in [-0.4, -0.2) is 37.5 Å². The van der Waals surface area contributed by atoms with Gasteiger partial charge in [-0.3, -0.25) is 0 Å². The molecule has 0 amide bonds. The second kappa shape index (κ2) is 9.13. The van der Waals surface area contributed by atoms with Gasteiger partial charge in [0.2, 0.25) is 0 Å². The molecule has 0 aliphatic carbocycles. The van der Waals surface area contributed by atoms with Crippen LogP contribution in [0.5, 0.6) is 0 Å². The monoisotopic (exact) mass is 217 g/mol. The van der Waals surface area contributed by atoms with Gasteiger partial charge < -0.3 is 15.2 Å². The van der Waals surface area contributed by atoms with E-state index in [1.54, 1.807) is 0 Å². The normalized spacial score (nSPS) is 15.2. The molecule has 1 atom stereocenters. The Bertz CT molecular complexity index is 127. The number of aliphatic hydroxyl groups is 1. The smallest absolute Gasteiger partial charge is 0.0613 e. The third kappa shape index (κ3) is 6.13. The number of aliphatic hydroxyl groups excluding tert-OH is 1. The van der Waals surface area contributed by atoms with Gasteiger partial charge in [0.05, 0.1) is 6.61 Å². The first-order valence-electron chi connectivity index (χ1n) is 6.12. The number of hydrogen-bond acceptors (Lipinski definition) is 3. The predicted octanol–water partition coefficient (Wildman–Crippen LogP) is 1.94. The summed E-state index contributed by atoms with van der Waals surface area (Å²) in [5.74, 6) is 0. The molecule has 0 aromatic heterocycles. The molecule has 0 aromatic carbocycles. The Morgan fingerprint density at radius 3 is 2.33 bits per heavy atom. The van der Waals surface area contributed by atoms with Gasteiger partial charge in [0.25, 0.3) is 0 Å². The zero-order valence-corrected chi connectivity index (χ0v) is 10.5. The predicted molar refractivity (Wildman–Crippen MR) is 64.1 cm³/mol. The molecule has 0 saturated carbocycles. The van der Waals surface area contributed by atoms with Crippen molar-refractivity contribution in [1.82, 2.24) is 5.32 Å². The molecule has 3 nitrogen and oxygen atoms in total. The molecule has 3 heteroatoms. The van der Waals surface area contributed by atoms with Crippen LogP contribution in [0, 0.1) is 0 Å². The second-order valence-corrected chi connectivity index (χ2v) is 4.11. The van der Waals surface area contributed by atoms with Crippen molar-refractivity contribution in [2.75, 3.05) is 26.9 Å². The summed E-state index contributed by atoms with van der Waals surface area (Å²) in [5.41, 5.74) is -0.103. The van der Waals surface area contributed by atoms with Crippen LogP contribution in [0.4, 0.5) is 0 Å². The molecule has 0 saturated heterocycles. The standard InChI is InChI=1S/C12H27NO2/c1-4-6-9-15-10-7-8-12(5-2,11-14)13-3/h13-14H,4-11H2,1-3H3. The molecule has 0 spiro atoms.